The molecule has 27 heavy (non-hydrogen) atoms. The fourth-order valence-corrected chi connectivity index (χ4v) is 3.14. The Morgan fingerprint density at radius 1 is 1.04 bits per heavy atom. The highest BCUT2D eigenvalue weighted by molar-refractivity contribution is 5.91. The van der Waals surface area contributed by atoms with Crippen molar-refractivity contribution >= 4 is 11.7 Å². The summed E-state index contributed by atoms with van der Waals surface area (Å²) in [5.41, 5.74) is 1.91. The van der Waals surface area contributed by atoms with E-state index in [9.17, 15) is 4.79 Å². The van der Waals surface area contributed by atoms with Crippen LogP contribution in [0.4, 0.5) is 10.5 Å². The second-order valence-electron chi connectivity index (χ2n) is 6.39. The largest absolute Gasteiger partial charge is 0.322 e. The Labute approximate surface area is 157 Å². The van der Waals surface area contributed by atoms with Crippen molar-refractivity contribution in [1.29, 1.82) is 0 Å². The van der Waals surface area contributed by atoms with E-state index in [-0.39, 0.29) is 6.03 Å². The fraction of sp³-hybridized carbons (Fsp3) is 0.263. The molecule has 1 aliphatic heterocycles. The van der Waals surface area contributed by atoms with Gasteiger partial charge in [0.2, 0.25) is 0 Å². The average Bonchev–Trinajstić information content (AvgIpc) is 3.24. The summed E-state index contributed by atoms with van der Waals surface area (Å²) >= 11 is 0. The van der Waals surface area contributed by atoms with Gasteiger partial charge < -0.3 is 10.2 Å². The first-order valence-corrected chi connectivity index (χ1v) is 8.92. The summed E-state index contributed by atoms with van der Waals surface area (Å²) in [5, 5.41) is 7.04. The van der Waals surface area contributed by atoms with Gasteiger partial charge in [-0.05, 0) is 17.7 Å². The first-order chi connectivity index (χ1) is 13.3. The first-order valence-electron chi connectivity index (χ1n) is 8.92. The van der Waals surface area contributed by atoms with E-state index in [0.717, 1.165) is 19.6 Å². The van der Waals surface area contributed by atoms with E-state index >= 15 is 0 Å². The number of anilines is 1. The zero-order valence-electron chi connectivity index (χ0n) is 14.9. The maximum atomic E-state index is 12.7. The average molecular weight is 363 g/mol. The summed E-state index contributed by atoms with van der Waals surface area (Å²) < 4.78 is 1.54. The molecule has 2 aromatic heterocycles. The van der Waals surface area contributed by atoms with Gasteiger partial charge in [-0.15, -0.1) is 0 Å². The van der Waals surface area contributed by atoms with Gasteiger partial charge in [0.15, 0.2) is 5.82 Å². The van der Waals surface area contributed by atoms with E-state index < -0.39 is 0 Å². The summed E-state index contributed by atoms with van der Waals surface area (Å²) in [6.07, 6.45) is 4.65. The molecule has 0 atom stereocenters. The zero-order valence-corrected chi connectivity index (χ0v) is 14.9. The molecule has 0 bridgehead atoms. The SMILES string of the molecule is O=C(Nc1cccnc1-n1cncn1)N1CCN(Cc2ccccc2)CC1. The number of piperazine rings is 1. The molecule has 0 radical (unpaired) electrons. The van der Waals surface area contributed by atoms with Crippen molar-refractivity contribution in [2.45, 2.75) is 6.54 Å². The van der Waals surface area contributed by atoms with Crippen LogP contribution in [0.2, 0.25) is 0 Å². The van der Waals surface area contributed by atoms with Gasteiger partial charge in [-0.3, -0.25) is 4.90 Å². The third kappa shape index (κ3) is 4.12. The lowest BCUT2D eigenvalue weighted by molar-refractivity contribution is 0.143. The van der Waals surface area contributed by atoms with Gasteiger partial charge in [0.1, 0.15) is 12.7 Å². The predicted octanol–water partition coefficient (Wildman–Crippen LogP) is 2.01. The van der Waals surface area contributed by atoms with Crippen LogP contribution in [0.25, 0.3) is 5.82 Å². The molecule has 1 fully saturated rings. The van der Waals surface area contributed by atoms with Gasteiger partial charge in [0, 0.05) is 38.9 Å². The lowest BCUT2D eigenvalue weighted by Crippen LogP contribution is -2.49. The van der Waals surface area contributed by atoms with Crippen molar-refractivity contribution < 1.29 is 4.79 Å². The number of carbonyl (C=O) groups is 1. The minimum absolute atomic E-state index is 0.122. The molecule has 2 amide bonds. The maximum absolute atomic E-state index is 12.7. The van der Waals surface area contributed by atoms with E-state index in [1.54, 1.807) is 18.6 Å². The number of rotatable bonds is 4. The van der Waals surface area contributed by atoms with Crippen molar-refractivity contribution in [3.8, 4) is 5.82 Å². The molecular weight excluding hydrogens is 342 g/mol. The van der Waals surface area contributed by atoms with Gasteiger partial charge >= 0.3 is 6.03 Å². The van der Waals surface area contributed by atoms with Crippen LogP contribution >= 0.6 is 0 Å². The Hall–Kier alpha value is -3.26. The summed E-state index contributed by atoms with van der Waals surface area (Å²) in [4.78, 5) is 25.1. The molecule has 1 aromatic carbocycles. The highest BCUT2D eigenvalue weighted by Crippen LogP contribution is 2.17. The van der Waals surface area contributed by atoms with Crippen LogP contribution in [-0.2, 0) is 6.54 Å². The van der Waals surface area contributed by atoms with E-state index in [0.29, 0.717) is 24.6 Å². The number of aromatic nitrogens is 4. The topological polar surface area (TPSA) is 79.2 Å². The summed E-state index contributed by atoms with van der Waals surface area (Å²) in [6.45, 7) is 4.00. The molecule has 8 nitrogen and oxygen atoms in total. The van der Waals surface area contributed by atoms with Crippen molar-refractivity contribution in [2.75, 3.05) is 31.5 Å². The highest BCUT2D eigenvalue weighted by atomic mass is 16.2. The Kier molecular flexibility index (Phi) is 5.06. The number of nitrogens with one attached hydrogen (secondary N) is 1. The number of pyridine rings is 1. The number of carbonyl (C=O) groups excluding carboxylic acids is 1. The van der Waals surface area contributed by atoms with Crippen molar-refractivity contribution in [3.63, 3.8) is 0 Å². The van der Waals surface area contributed by atoms with E-state index in [1.807, 2.05) is 17.0 Å². The standard InChI is InChI=1S/C19H21N7O/c27-19(23-17-7-4-8-21-18(17)26-15-20-14-22-26)25-11-9-24(10-12-25)13-16-5-2-1-3-6-16/h1-8,14-15H,9-13H2,(H,23,27). The quantitative estimate of drug-likeness (QED) is 0.767. The van der Waals surface area contributed by atoms with Crippen LogP contribution in [0.3, 0.4) is 0 Å². The van der Waals surface area contributed by atoms with Gasteiger partial charge in [-0.25, -0.2) is 19.4 Å². The van der Waals surface area contributed by atoms with E-state index in [4.69, 9.17) is 0 Å². The van der Waals surface area contributed by atoms with Crippen LogP contribution in [0, 0.1) is 0 Å². The van der Waals surface area contributed by atoms with Crippen LogP contribution in [0.1, 0.15) is 5.56 Å². The van der Waals surface area contributed by atoms with Crippen LogP contribution in [0.15, 0.2) is 61.3 Å². The number of nitrogens with zero attached hydrogens (tertiary/aromatic N) is 6. The molecule has 1 N–H and O–H groups in total. The third-order valence-corrected chi connectivity index (χ3v) is 4.57. The van der Waals surface area contributed by atoms with Crippen LogP contribution in [-0.4, -0.2) is 61.8 Å². The summed E-state index contributed by atoms with van der Waals surface area (Å²) in [5.74, 6) is 0.547. The van der Waals surface area contributed by atoms with Gasteiger partial charge in [0.05, 0.1) is 5.69 Å². The number of urea groups is 1. The molecule has 0 unspecified atom stereocenters. The Bertz CT molecular complexity index is 874. The van der Waals surface area contributed by atoms with Crippen molar-refractivity contribution in [3.05, 3.63) is 66.9 Å². The molecule has 0 spiro atoms. The first kappa shape index (κ1) is 17.2. The van der Waals surface area contributed by atoms with Gasteiger partial charge in [-0.2, -0.15) is 5.10 Å². The van der Waals surface area contributed by atoms with Gasteiger partial charge in [0.25, 0.3) is 0 Å². The molecule has 4 rings (SSSR count). The third-order valence-electron chi connectivity index (χ3n) is 4.57. The lowest BCUT2D eigenvalue weighted by atomic mass is 10.2. The summed E-state index contributed by atoms with van der Waals surface area (Å²) in [6, 6.07) is 13.9. The Morgan fingerprint density at radius 2 is 1.85 bits per heavy atom. The number of benzene rings is 1. The lowest BCUT2D eigenvalue weighted by Gasteiger charge is -2.34. The molecule has 8 heteroatoms. The van der Waals surface area contributed by atoms with Gasteiger partial charge in [-0.1, -0.05) is 30.3 Å². The smallest absolute Gasteiger partial charge is 0.322 e. The molecule has 3 heterocycles. The Morgan fingerprint density at radius 3 is 2.59 bits per heavy atom. The number of amides is 2. The number of hydrogen-bond acceptors (Lipinski definition) is 5. The maximum Gasteiger partial charge on any atom is 0.322 e. The zero-order chi connectivity index (χ0) is 18.5. The predicted molar refractivity (Wildman–Crippen MR) is 101 cm³/mol. The monoisotopic (exact) mass is 363 g/mol. The highest BCUT2D eigenvalue weighted by Gasteiger charge is 2.22. The molecule has 1 saturated heterocycles. The second kappa shape index (κ2) is 7.96. The van der Waals surface area contributed by atoms with E-state index in [2.05, 4.69) is 49.5 Å². The van der Waals surface area contributed by atoms with Crippen LogP contribution < -0.4 is 5.32 Å². The van der Waals surface area contributed by atoms with Crippen LogP contribution in [0.5, 0.6) is 0 Å². The minimum Gasteiger partial charge on any atom is -0.322 e. The summed E-state index contributed by atoms with van der Waals surface area (Å²) in [7, 11) is 0. The normalized spacial score (nSPS) is 14.9. The Balaban J connectivity index is 1.35. The molecule has 1 aliphatic rings. The molecule has 138 valence electrons. The fourth-order valence-electron chi connectivity index (χ4n) is 3.14. The molecular formula is C19H21N7O. The second-order valence-corrected chi connectivity index (χ2v) is 6.39. The van der Waals surface area contributed by atoms with E-state index in [1.165, 1.54) is 16.6 Å². The molecule has 0 saturated carbocycles. The minimum atomic E-state index is -0.122. The molecule has 0 aliphatic carbocycles. The number of hydrogen-bond donors (Lipinski definition) is 1. The molecule has 3 aromatic rings. The van der Waals surface area contributed by atoms with Crippen molar-refractivity contribution in [2.24, 2.45) is 0 Å². The van der Waals surface area contributed by atoms with Crippen molar-refractivity contribution in [1.82, 2.24) is 29.5 Å².